The molecule has 5 heteroatoms. The van der Waals surface area contributed by atoms with Gasteiger partial charge in [0.05, 0.1) is 0 Å². The summed E-state index contributed by atoms with van der Waals surface area (Å²) >= 11 is 3.70. The van der Waals surface area contributed by atoms with Crippen molar-refractivity contribution in [3.05, 3.63) is 0 Å². The van der Waals surface area contributed by atoms with Gasteiger partial charge in [0.2, 0.25) is 0 Å². The predicted octanol–water partition coefficient (Wildman–Crippen LogP) is -2.37. The summed E-state index contributed by atoms with van der Waals surface area (Å²) < 4.78 is 0. The Balaban J connectivity index is -0.0000000275. The summed E-state index contributed by atoms with van der Waals surface area (Å²) in [7, 11) is 0. The molecule has 0 aromatic rings. The van der Waals surface area contributed by atoms with Crippen LogP contribution in [0.25, 0.3) is 0 Å². The first-order valence-electron chi connectivity index (χ1n) is 0.594. The topological polar surface area (TPSA) is 69.9 Å². The van der Waals surface area contributed by atoms with Crippen molar-refractivity contribution in [2.24, 2.45) is 0 Å². The average Bonchev–Trinajstić information content (AvgIpc) is 1.46. The fourth-order valence-electron chi connectivity index (χ4n) is 0. The first-order chi connectivity index (χ1) is 2.41. The fraction of sp³-hybridized carbons (Fsp3) is 0. The van der Waals surface area contributed by atoms with Crippen molar-refractivity contribution in [1.29, 1.82) is 5.26 Å². The molecule has 0 N–H and O–H groups in total. The zero-order valence-electron chi connectivity index (χ0n) is 2.53. The summed E-state index contributed by atoms with van der Waals surface area (Å²) in [5, 5.41) is 22.5. The second-order valence-electron chi connectivity index (χ2n) is 0.0913. The van der Waals surface area contributed by atoms with Crippen LogP contribution in [-0.2, 0) is 29.7 Å². The molecular weight excluding hydrogens is 146 g/mol. The van der Waals surface area contributed by atoms with E-state index in [1.165, 1.54) is 5.40 Å². The van der Waals surface area contributed by atoms with E-state index in [9.17, 15) is 0 Å². The molecule has 0 amide bonds. The Bertz CT molecular complexity index is 35.0. The Morgan fingerprint density at radius 3 is 1.50 bits per heavy atom. The summed E-state index contributed by atoms with van der Waals surface area (Å²) in [6.07, 6.45) is 0. The van der Waals surface area contributed by atoms with E-state index in [0.717, 1.165) is 0 Å². The van der Waals surface area contributed by atoms with Crippen LogP contribution in [0.4, 0.5) is 0 Å². The van der Waals surface area contributed by atoms with Crippen LogP contribution in [-0.4, -0.2) is 0 Å². The third-order valence-corrected chi connectivity index (χ3v) is 0. The van der Waals surface area contributed by atoms with Gasteiger partial charge in [-0.05, 0) is 0 Å². The van der Waals surface area contributed by atoms with Gasteiger partial charge in [-0.25, -0.2) is 5.26 Å². The molecular formula is CFeNO2S. The SMILES string of the molecule is N#C[S-].[Fe+3].[O-][O-]. The second kappa shape index (κ2) is 67.1. The number of thiocyanates is 1. The molecule has 0 atom stereocenters. The molecule has 0 rings (SSSR count). The maximum atomic E-state index is 7.13. The van der Waals surface area contributed by atoms with Crippen molar-refractivity contribution in [1.82, 2.24) is 0 Å². The molecule has 0 unspecified atom stereocenters. The molecule has 0 aliphatic carbocycles. The van der Waals surface area contributed by atoms with Crippen molar-refractivity contribution in [3.8, 4) is 5.40 Å². The second-order valence-corrected chi connectivity index (χ2v) is 0.274. The number of nitriles is 1. The van der Waals surface area contributed by atoms with Crippen LogP contribution in [0.5, 0.6) is 0 Å². The number of hydrogen-bond acceptors (Lipinski definition) is 4. The summed E-state index contributed by atoms with van der Waals surface area (Å²) in [6, 6.07) is 0. The van der Waals surface area contributed by atoms with Gasteiger partial charge < -0.3 is 23.1 Å². The smallest absolute Gasteiger partial charge is 1.00 e. The van der Waals surface area contributed by atoms with Crippen molar-refractivity contribution in [2.45, 2.75) is 0 Å². The van der Waals surface area contributed by atoms with Gasteiger partial charge in [0.1, 0.15) is 0 Å². The number of nitrogens with zero attached hydrogens (tertiary/aromatic N) is 1. The molecule has 1 radical (unpaired) electrons. The third-order valence-electron chi connectivity index (χ3n) is 0. The summed E-state index contributed by atoms with van der Waals surface area (Å²) in [4.78, 5) is 0. The molecule has 0 heterocycles. The molecule has 0 aromatic heterocycles. The molecule has 0 saturated heterocycles. The Kier molecular flexibility index (Phi) is 184. The average molecular weight is 146 g/mol. The van der Waals surface area contributed by atoms with Crippen LogP contribution < -0.4 is 10.5 Å². The van der Waals surface area contributed by atoms with Gasteiger partial charge in [-0.1, -0.05) is 5.40 Å². The number of hydrogen-bond donors (Lipinski definition) is 0. The minimum absolute atomic E-state index is 0. The van der Waals surface area contributed by atoms with E-state index in [0.29, 0.717) is 0 Å². The Morgan fingerprint density at radius 2 is 1.50 bits per heavy atom. The molecule has 0 fully saturated rings. The van der Waals surface area contributed by atoms with Crippen LogP contribution in [0, 0.1) is 10.7 Å². The zero-order chi connectivity index (χ0) is 4.71. The van der Waals surface area contributed by atoms with Gasteiger partial charge in [0.15, 0.2) is 0 Å². The first-order valence-corrected chi connectivity index (χ1v) is 1.00. The molecule has 0 aromatic carbocycles. The van der Waals surface area contributed by atoms with Crippen LogP contribution in [0.2, 0.25) is 0 Å². The fourth-order valence-corrected chi connectivity index (χ4v) is 0. The van der Waals surface area contributed by atoms with E-state index < -0.39 is 0 Å². The summed E-state index contributed by atoms with van der Waals surface area (Å²) in [6.45, 7) is 0. The van der Waals surface area contributed by atoms with Crippen LogP contribution in [0.3, 0.4) is 0 Å². The maximum Gasteiger partial charge on any atom is 3.00 e. The van der Waals surface area contributed by atoms with Crippen molar-refractivity contribution in [2.75, 3.05) is 0 Å². The van der Waals surface area contributed by atoms with Crippen molar-refractivity contribution >= 4 is 12.6 Å². The molecule has 3 nitrogen and oxygen atoms in total. The number of rotatable bonds is 0. The minimum Gasteiger partial charge on any atom is -1.00 e. The van der Waals surface area contributed by atoms with Gasteiger partial charge in [-0.3, -0.25) is 0 Å². The van der Waals surface area contributed by atoms with E-state index in [1.807, 2.05) is 0 Å². The molecule has 0 bridgehead atoms. The zero-order valence-corrected chi connectivity index (χ0v) is 4.45. The molecule has 6 heavy (non-hydrogen) atoms. The van der Waals surface area contributed by atoms with Crippen LogP contribution in [0.15, 0.2) is 0 Å². The van der Waals surface area contributed by atoms with E-state index in [4.69, 9.17) is 15.8 Å². The van der Waals surface area contributed by atoms with Gasteiger partial charge in [0.25, 0.3) is 0 Å². The largest absolute Gasteiger partial charge is 3.00 e. The van der Waals surface area contributed by atoms with E-state index in [1.54, 1.807) is 0 Å². The Morgan fingerprint density at radius 1 is 1.50 bits per heavy atom. The van der Waals surface area contributed by atoms with Crippen molar-refractivity contribution in [3.63, 3.8) is 0 Å². The van der Waals surface area contributed by atoms with E-state index in [-0.39, 0.29) is 17.1 Å². The molecule has 0 spiro atoms. The standard InChI is InChI=1S/CHNS.Fe.O2/c2-1-3;;1-2/h3H;;/q;+3;-2/p-1. The minimum atomic E-state index is 0. The van der Waals surface area contributed by atoms with Gasteiger partial charge >= 0.3 is 17.1 Å². The Hall–Kier alpha value is 0.149. The quantitative estimate of drug-likeness (QED) is 0.126. The van der Waals surface area contributed by atoms with Gasteiger partial charge in [-0.15, -0.1) is 0 Å². The van der Waals surface area contributed by atoms with Gasteiger partial charge in [-0.2, -0.15) is 0 Å². The first kappa shape index (κ1) is 16.4. The predicted molar refractivity (Wildman–Crippen MR) is 13.0 cm³/mol. The Labute approximate surface area is 51.4 Å². The normalized spacial score (nSPS) is 2.17. The third kappa shape index (κ3) is 1840. The van der Waals surface area contributed by atoms with Crippen molar-refractivity contribution < 1.29 is 27.6 Å². The monoisotopic (exact) mass is 146 g/mol. The molecule has 0 aliphatic rings. The molecule has 0 saturated carbocycles. The molecule has 0 aliphatic heterocycles. The van der Waals surface area contributed by atoms with Crippen LogP contribution in [0.1, 0.15) is 0 Å². The van der Waals surface area contributed by atoms with E-state index in [2.05, 4.69) is 12.6 Å². The summed E-state index contributed by atoms with van der Waals surface area (Å²) in [5.74, 6) is 0. The van der Waals surface area contributed by atoms with E-state index >= 15 is 0 Å². The van der Waals surface area contributed by atoms with Crippen LogP contribution >= 0.6 is 0 Å². The summed E-state index contributed by atoms with van der Waals surface area (Å²) in [5.41, 5.74) is 0. The van der Waals surface area contributed by atoms with Gasteiger partial charge in [0, 0.05) is 0 Å². The molecule has 35 valence electrons. The maximum absolute atomic E-state index is 7.13.